The second kappa shape index (κ2) is 6.11. The molecule has 14 heavy (non-hydrogen) atoms. The Balaban J connectivity index is 4.16. The molecule has 0 aromatic rings. The van der Waals surface area contributed by atoms with Crippen LogP contribution in [0.3, 0.4) is 0 Å². The summed E-state index contributed by atoms with van der Waals surface area (Å²) < 4.78 is 8.39. The van der Waals surface area contributed by atoms with Crippen molar-refractivity contribution in [3.05, 3.63) is 12.2 Å². The van der Waals surface area contributed by atoms with Crippen LogP contribution in [0.15, 0.2) is 12.2 Å². The van der Waals surface area contributed by atoms with Gasteiger partial charge in [-0.15, -0.1) is 0 Å². The highest BCUT2D eigenvalue weighted by Gasteiger charge is 2.15. The van der Waals surface area contributed by atoms with Crippen molar-refractivity contribution in [2.45, 2.75) is 12.2 Å². The molecule has 0 aliphatic rings. The van der Waals surface area contributed by atoms with Crippen molar-refractivity contribution in [3.8, 4) is 0 Å². The van der Waals surface area contributed by atoms with E-state index in [-0.39, 0.29) is 0 Å². The van der Waals surface area contributed by atoms with Crippen molar-refractivity contribution in [3.63, 3.8) is 0 Å². The standard InChI is InChI=1S/C8H12O6/c1-13-7(11)5(9)3-4-6(10)8(12)14-2/h3-6,9-10H,1-2H3/b4-3+. The van der Waals surface area contributed by atoms with Crippen LogP contribution in [0.1, 0.15) is 0 Å². The molecule has 0 rings (SSSR count). The predicted octanol–water partition coefficient (Wildman–Crippen LogP) is -1.39. The van der Waals surface area contributed by atoms with Gasteiger partial charge in [-0.1, -0.05) is 0 Å². The predicted molar refractivity (Wildman–Crippen MR) is 45.2 cm³/mol. The maximum atomic E-state index is 10.6. The van der Waals surface area contributed by atoms with Crippen LogP contribution in [0.5, 0.6) is 0 Å². The summed E-state index contributed by atoms with van der Waals surface area (Å²) in [4.78, 5) is 21.3. The summed E-state index contributed by atoms with van der Waals surface area (Å²) in [6.45, 7) is 0. The Bertz CT molecular complexity index is 210. The van der Waals surface area contributed by atoms with Gasteiger partial charge >= 0.3 is 11.9 Å². The fourth-order valence-corrected chi connectivity index (χ4v) is 0.609. The summed E-state index contributed by atoms with van der Waals surface area (Å²) in [5.41, 5.74) is 0. The first-order valence-corrected chi connectivity index (χ1v) is 3.73. The topological polar surface area (TPSA) is 93.1 Å². The van der Waals surface area contributed by atoms with Gasteiger partial charge in [0.2, 0.25) is 0 Å². The number of aliphatic hydroxyl groups is 2. The van der Waals surface area contributed by atoms with E-state index in [2.05, 4.69) is 9.47 Å². The van der Waals surface area contributed by atoms with E-state index in [1.807, 2.05) is 0 Å². The Kier molecular flexibility index (Phi) is 5.50. The third-order valence-electron chi connectivity index (χ3n) is 1.36. The minimum absolute atomic E-state index is 0.877. The average Bonchev–Trinajstić information content (AvgIpc) is 2.22. The first-order valence-electron chi connectivity index (χ1n) is 3.73. The lowest BCUT2D eigenvalue weighted by Gasteiger charge is -2.04. The molecule has 0 spiro atoms. The van der Waals surface area contributed by atoms with Crippen molar-refractivity contribution in [1.82, 2.24) is 0 Å². The van der Waals surface area contributed by atoms with Crippen molar-refractivity contribution >= 4 is 11.9 Å². The van der Waals surface area contributed by atoms with Gasteiger partial charge in [0.05, 0.1) is 14.2 Å². The van der Waals surface area contributed by atoms with Gasteiger partial charge in [0.15, 0.2) is 12.2 Å². The number of hydrogen-bond donors (Lipinski definition) is 2. The molecule has 0 saturated carbocycles. The molecule has 0 radical (unpaired) electrons. The number of hydrogen-bond acceptors (Lipinski definition) is 6. The van der Waals surface area contributed by atoms with Crippen LogP contribution in [-0.4, -0.2) is 48.6 Å². The van der Waals surface area contributed by atoms with E-state index in [9.17, 15) is 9.59 Å². The van der Waals surface area contributed by atoms with Crippen LogP contribution in [0.4, 0.5) is 0 Å². The zero-order valence-electron chi connectivity index (χ0n) is 7.84. The monoisotopic (exact) mass is 204 g/mol. The second-order valence-electron chi connectivity index (χ2n) is 2.32. The minimum atomic E-state index is -1.50. The van der Waals surface area contributed by atoms with E-state index < -0.39 is 24.1 Å². The van der Waals surface area contributed by atoms with Gasteiger partial charge in [-0.25, -0.2) is 9.59 Å². The average molecular weight is 204 g/mol. The summed E-state index contributed by atoms with van der Waals surface area (Å²) in [5, 5.41) is 18.0. The molecule has 0 aliphatic carbocycles. The summed E-state index contributed by atoms with van der Waals surface area (Å²) in [6, 6.07) is 0. The molecule has 2 unspecified atom stereocenters. The van der Waals surface area contributed by atoms with Gasteiger partial charge < -0.3 is 19.7 Å². The van der Waals surface area contributed by atoms with E-state index in [1.165, 1.54) is 0 Å². The number of rotatable bonds is 4. The van der Waals surface area contributed by atoms with E-state index >= 15 is 0 Å². The molecule has 0 aromatic carbocycles. The normalized spacial score (nSPS) is 14.9. The highest BCUT2D eigenvalue weighted by molar-refractivity contribution is 5.78. The van der Waals surface area contributed by atoms with Crippen molar-refractivity contribution in [2.75, 3.05) is 14.2 Å². The van der Waals surface area contributed by atoms with Gasteiger partial charge in [-0.3, -0.25) is 0 Å². The van der Waals surface area contributed by atoms with Crippen LogP contribution in [0, 0.1) is 0 Å². The summed E-state index contributed by atoms with van der Waals surface area (Å²) in [5.74, 6) is -1.75. The SMILES string of the molecule is COC(=O)C(O)/C=C/C(O)C(=O)OC. The third-order valence-corrected chi connectivity index (χ3v) is 1.36. The molecule has 6 heteroatoms. The van der Waals surface area contributed by atoms with E-state index in [4.69, 9.17) is 10.2 Å². The van der Waals surface area contributed by atoms with Crippen LogP contribution >= 0.6 is 0 Å². The van der Waals surface area contributed by atoms with Crippen LogP contribution in [0.2, 0.25) is 0 Å². The fraction of sp³-hybridized carbons (Fsp3) is 0.500. The number of aliphatic hydroxyl groups excluding tert-OH is 2. The zero-order chi connectivity index (χ0) is 11.1. The molecule has 6 nitrogen and oxygen atoms in total. The first-order chi connectivity index (χ1) is 6.52. The Morgan fingerprint density at radius 1 is 1.00 bits per heavy atom. The Morgan fingerprint density at radius 2 is 1.29 bits per heavy atom. The van der Waals surface area contributed by atoms with Crippen molar-refractivity contribution in [2.24, 2.45) is 0 Å². The molecule has 2 atom stereocenters. The number of methoxy groups -OCH3 is 2. The smallest absolute Gasteiger partial charge is 0.338 e. The lowest BCUT2D eigenvalue weighted by atomic mass is 10.2. The van der Waals surface area contributed by atoms with E-state index in [0.717, 1.165) is 26.4 Å². The molecule has 0 aliphatic heterocycles. The lowest BCUT2D eigenvalue weighted by molar-refractivity contribution is -0.149. The number of ether oxygens (including phenoxy) is 2. The zero-order valence-corrected chi connectivity index (χ0v) is 7.84. The molecule has 0 fully saturated rings. The Labute approximate surface area is 80.7 Å². The quantitative estimate of drug-likeness (QED) is 0.432. The molecule has 0 saturated heterocycles. The maximum Gasteiger partial charge on any atom is 0.338 e. The molecule has 0 heterocycles. The Hall–Kier alpha value is -1.40. The molecule has 0 amide bonds. The molecule has 2 N–H and O–H groups in total. The van der Waals surface area contributed by atoms with E-state index in [1.54, 1.807) is 0 Å². The highest BCUT2D eigenvalue weighted by atomic mass is 16.5. The van der Waals surface area contributed by atoms with Gasteiger partial charge in [0, 0.05) is 0 Å². The Morgan fingerprint density at radius 3 is 1.50 bits per heavy atom. The lowest BCUT2D eigenvalue weighted by Crippen LogP contribution is -2.22. The number of esters is 2. The molecule has 80 valence electrons. The van der Waals surface area contributed by atoms with Gasteiger partial charge in [0.25, 0.3) is 0 Å². The fourth-order valence-electron chi connectivity index (χ4n) is 0.609. The molecular formula is C8H12O6. The molecule has 0 bridgehead atoms. The number of carbonyl (C=O) groups is 2. The highest BCUT2D eigenvalue weighted by Crippen LogP contribution is 1.94. The molecule has 0 aromatic heterocycles. The first kappa shape index (κ1) is 12.6. The second-order valence-corrected chi connectivity index (χ2v) is 2.32. The van der Waals surface area contributed by atoms with Gasteiger partial charge in [0.1, 0.15) is 0 Å². The third kappa shape index (κ3) is 4.01. The largest absolute Gasteiger partial charge is 0.467 e. The summed E-state index contributed by atoms with van der Waals surface area (Å²) in [7, 11) is 2.21. The van der Waals surface area contributed by atoms with Crippen molar-refractivity contribution < 1.29 is 29.3 Å². The minimum Gasteiger partial charge on any atom is -0.467 e. The van der Waals surface area contributed by atoms with Gasteiger partial charge in [-0.05, 0) is 12.2 Å². The van der Waals surface area contributed by atoms with Crippen LogP contribution in [0.25, 0.3) is 0 Å². The van der Waals surface area contributed by atoms with Crippen LogP contribution < -0.4 is 0 Å². The summed E-state index contributed by atoms with van der Waals surface area (Å²) in [6.07, 6.45) is -1.13. The van der Waals surface area contributed by atoms with E-state index in [0.29, 0.717) is 0 Å². The maximum absolute atomic E-state index is 10.6. The van der Waals surface area contributed by atoms with Crippen molar-refractivity contribution in [1.29, 1.82) is 0 Å². The van der Waals surface area contributed by atoms with Crippen LogP contribution in [-0.2, 0) is 19.1 Å². The summed E-state index contributed by atoms with van der Waals surface area (Å²) >= 11 is 0. The molecular weight excluding hydrogens is 192 g/mol. The van der Waals surface area contributed by atoms with Gasteiger partial charge in [-0.2, -0.15) is 0 Å². The number of carbonyl (C=O) groups excluding carboxylic acids is 2.